The molecule has 1 unspecified atom stereocenters. The van der Waals surface area contributed by atoms with Gasteiger partial charge in [-0.05, 0) is 33.7 Å². The normalized spacial score (nSPS) is 13.2. The van der Waals surface area contributed by atoms with E-state index in [1.54, 1.807) is 11.3 Å². The molecule has 1 atom stereocenters. The van der Waals surface area contributed by atoms with Gasteiger partial charge in [-0.1, -0.05) is 6.92 Å². The fraction of sp³-hybridized carbons (Fsp3) is 0.700. The Morgan fingerprint density at radius 1 is 1.46 bits per heavy atom. The lowest BCUT2D eigenvalue weighted by atomic mass is 10.2. The largest absolute Gasteiger partial charge is 0.309 e. The van der Waals surface area contributed by atoms with Crippen LogP contribution in [0.25, 0.3) is 0 Å². The third-order valence-electron chi connectivity index (χ3n) is 2.05. The first-order valence-corrected chi connectivity index (χ1v) is 5.64. The summed E-state index contributed by atoms with van der Waals surface area (Å²) in [4.78, 5) is 5.86. The first kappa shape index (κ1) is 10.7. The van der Waals surface area contributed by atoms with E-state index in [0.29, 0.717) is 6.04 Å². The molecule has 13 heavy (non-hydrogen) atoms. The molecule has 0 aliphatic heterocycles. The maximum atomic E-state index is 4.52. The Kier molecular flexibility index (Phi) is 3.88. The fourth-order valence-corrected chi connectivity index (χ4v) is 2.32. The number of hydrogen-bond acceptors (Lipinski definition) is 3. The standard InChI is InChI=1S/C10H18N2S/c1-5-6-11-7(2)10-8(3)13-9(4)12-10/h7,11H,5-6H2,1-4H3. The third-order valence-corrected chi connectivity index (χ3v) is 2.95. The number of rotatable bonds is 4. The van der Waals surface area contributed by atoms with Crippen molar-refractivity contribution in [2.45, 2.75) is 40.2 Å². The van der Waals surface area contributed by atoms with Crippen molar-refractivity contribution in [1.29, 1.82) is 0 Å². The van der Waals surface area contributed by atoms with Crippen molar-refractivity contribution >= 4 is 11.3 Å². The molecule has 1 heterocycles. The highest BCUT2D eigenvalue weighted by atomic mass is 32.1. The van der Waals surface area contributed by atoms with Crippen molar-refractivity contribution in [2.24, 2.45) is 0 Å². The van der Waals surface area contributed by atoms with Crippen LogP contribution < -0.4 is 5.32 Å². The number of aryl methyl sites for hydroxylation is 2. The molecule has 74 valence electrons. The summed E-state index contributed by atoms with van der Waals surface area (Å²) in [6, 6.07) is 0.393. The number of aromatic nitrogens is 1. The third kappa shape index (κ3) is 2.78. The Morgan fingerprint density at radius 2 is 2.15 bits per heavy atom. The van der Waals surface area contributed by atoms with Gasteiger partial charge in [-0.3, -0.25) is 0 Å². The monoisotopic (exact) mass is 198 g/mol. The highest BCUT2D eigenvalue weighted by Gasteiger charge is 2.11. The smallest absolute Gasteiger partial charge is 0.0900 e. The molecule has 0 aliphatic rings. The average molecular weight is 198 g/mol. The zero-order chi connectivity index (χ0) is 9.84. The highest BCUT2D eigenvalue weighted by molar-refractivity contribution is 7.11. The lowest BCUT2D eigenvalue weighted by Gasteiger charge is -2.11. The summed E-state index contributed by atoms with van der Waals surface area (Å²) >= 11 is 1.78. The molecule has 0 amide bonds. The van der Waals surface area contributed by atoms with Gasteiger partial charge in [0.2, 0.25) is 0 Å². The lowest BCUT2D eigenvalue weighted by Crippen LogP contribution is -2.20. The van der Waals surface area contributed by atoms with Crippen LogP contribution in [0.4, 0.5) is 0 Å². The summed E-state index contributed by atoms with van der Waals surface area (Å²) in [5.74, 6) is 0. The molecule has 0 saturated carbocycles. The van der Waals surface area contributed by atoms with Crippen LogP contribution in [0.2, 0.25) is 0 Å². The maximum Gasteiger partial charge on any atom is 0.0900 e. The van der Waals surface area contributed by atoms with Crippen LogP contribution in [0.1, 0.15) is 41.9 Å². The summed E-state index contributed by atoms with van der Waals surface area (Å²) in [7, 11) is 0. The van der Waals surface area contributed by atoms with E-state index in [9.17, 15) is 0 Å². The Bertz CT molecular complexity index is 268. The summed E-state index contributed by atoms with van der Waals surface area (Å²) in [6.07, 6.45) is 1.17. The van der Waals surface area contributed by atoms with Gasteiger partial charge in [0.25, 0.3) is 0 Å². The Morgan fingerprint density at radius 3 is 2.62 bits per heavy atom. The van der Waals surface area contributed by atoms with E-state index in [2.05, 4.69) is 38.0 Å². The predicted octanol–water partition coefficient (Wildman–Crippen LogP) is 2.82. The molecule has 1 N–H and O–H groups in total. The van der Waals surface area contributed by atoms with Gasteiger partial charge in [-0.25, -0.2) is 4.98 Å². The first-order valence-electron chi connectivity index (χ1n) is 4.82. The van der Waals surface area contributed by atoms with Gasteiger partial charge in [0, 0.05) is 10.9 Å². The molecule has 0 aromatic carbocycles. The second-order valence-electron chi connectivity index (χ2n) is 3.35. The average Bonchev–Trinajstić information content (AvgIpc) is 2.41. The van der Waals surface area contributed by atoms with Gasteiger partial charge >= 0.3 is 0 Å². The first-order chi connectivity index (χ1) is 6.15. The molecule has 3 heteroatoms. The number of nitrogens with one attached hydrogen (secondary N) is 1. The molecule has 0 aliphatic carbocycles. The number of nitrogens with zero attached hydrogens (tertiary/aromatic N) is 1. The second-order valence-corrected chi connectivity index (χ2v) is 4.76. The van der Waals surface area contributed by atoms with Crippen LogP contribution in [-0.2, 0) is 0 Å². The molecule has 1 rings (SSSR count). The van der Waals surface area contributed by atoms with Crippen molar-refractivity contribution in [2.75, 3.05) is 6.54 Å². The summed E-state index contributed by atoms with van der Waals surface area (Å²) in [6.45, 7) is 9.63. The van der Waals surface area contributed by atoms with Gasteiger partial charge < -0.3 is 5.32 Å². The van der Waals surface area contributed by atoms with E-state index < -0.39 is 0 Å². The van der Waals surface area contributed by atoms with Crippen LogP contribution in [0.3, 0.4) is 0 Å². The summed E-state index contributed by atoms with van der Waals surface area (Å²) < 4.78 is 0. The molecular weight excluding hydrogens is 180 g/mol. The molecule has 0 spiro atoms. The van der Waals surface area contributed by atoms with Gasteiger partial charge in [-0.15, -0.1) is 11.3 Å². The lowest BCUT2D eigenvalue weighted by molar-refractivity contribution is 0.558. The van der Waals surface area contributed by atoms with Crippen LogP contribution in [0.15, 0.2) is 0 Å². The predicted molar refractivity (Wildman–Crippen MR) is 58.3 cm³/mol. The molecule has 0 radical (unpaired) electrons. The SMILES string of the molecule is CCCNC(C)c1nc(C)sc1C. The van der Waals surface area contributed by atoms with Crippen LogP contribution >= 0.6 is 11.3 Å². The number of hydrogen-bond donors (Lipinski definition) is 1. The summed E-state index contributed by atoms with van der Waals surface area (Å²) in [5.41, 5.74) is 1.22. The molecular formula is C10H18N2S. The van der Waals surface area contributed by atoms with Gasteiger partial charge in [0.15, 0.2) is 0 Å². The van der Waals surface area contributed by atoms with Gasteiger partial charge in [0.1, 0.15) is 0 Å². The van der Waals surface area contributed by atoms with Gasteiger partial charge in [-0.2, -0.15) is 0 Å². The van der Waals surface area contributed by atoms with Crippen LogP contribution in [-0.4, -0.2) is 11.5 Å². The Labute approximate surface area is 84.4 Å². The van der Waals surface area contributed by atoms with Crippen LogP contribution in [0, 0.1) is 13.8 Å². The zero-order valence-electron chi connectivity index (χ0n) is 8.85. The van der Waals surface area contributed by atoms with Crippen molar-refractivity contribution in [1.82, 2.24) is 10.3 Å². The minimum atomic E-state index is 0.393. The molecule has 1 aromatic heterocycles. The van der Waals surface area contributed by atoms with Crippen molar-refractivity contribution in [3.63, 3.8) is 0 Å². The molecule has 0 saturated heterocycles. The summed E-state index contributed by atoms with van der Waals surface area (Å²) in [5, 5.41) is 4.61. The van der Waals surface area contributed by atoms with Crippen molar-refractivity contribution in [3.05, 3.63) is 15.6 Å². The van der Waals surface area contributed by atoms with Crippen molar-refractivity contribution < 1.29 is 0 Å². The maximum absolute atomic E-state index is 4.52. The topological polar surface area (TPSA) is 24.9 Å². The molecule has 2 nitrogen and oxygen atoms in total. The molecule has 1 aromatic rings. The minimum absolute atomic E-state index is 0.393. The van der Waals surface area contributed by atoms with E-state index >= 15 is 0 Å². The van der Waals surface area contributed by atoms with E-state index in [0.717, 1.165) is 11.6 Å². The second kappa shape index (κ2) is 4.72. The molecule has 0 bridgehead atoms. The zero-order valence-corrected chi connectivity index (χ0v) is 9.66. The highest BCUT2D eigenvalue weighted by Crippen LogP contribution is 2.22. The Hall–Kier alpha value is -0.410. The van der Waals surface area contributed by atoms with E-state index in [1.165, 1.54) is 17.0 Å². The number of thiazole rings is 1. The molecule has 0 fully saturated rings. The van der Waals surface area contributed by atoms with E-state index in [4.69, 9.17) is 0 Å². The minimum Gasteiger partial charge on any atom is -0.309 e. The Balaban J connectivity index is 2.64. The van der Waals surface area contributed by atoms with E-state index in [1.807, 2.05) is 0 Å². The van der Waals surface area contributed by atoms with Crippen LogP contribution in [0.5, 0.6) is 0 Å². The quantitative estimate of drug-likeness (QED) is 0.804. The van der Waals surface area contributed by atoms with Crippen molar-refractivity contribution in [3.8, 4) is 0 Å². The van der Waals surface area contributed by atoms with E-state index in [-0.39, 0.29) is 0 Å². The van der Waals surface area contributed by atoms with Gasteiger partial charge in [0.05, 0.1) is 10.7 Å². The fourth-order valence-electron chi connectivity index (χ4n) is 1.40.